The molecule has 1 aliphatic carbocycles. The highest BCUT2D eigenvalue weighted by atomic mass is 35.5. The summed E-state index contributed by atoms with van der Waals surface area (Å²) in [6.07, 6.45) is 2.23. The first-order chi connectivity index (χ1) is 21.1. The molecule has 1 saturated heterocycles. The van der Waals surface area contributed by atoms with Gasteiger partial charge in [-0.1, -0.05) is 36.7 Å². The van der Waals surface area contributed by atoms with E-state index in [-0.39, 0.29) is 52.4 Å². The number of likely N-dealkylation sites (tertiary alicyclic amines) is 1. The van der Waals surface area contributed by atoms with Crippen molar-refractivity contribution >= 4 is 50.2 Å². The van der Waals surface area contributed by atoms with Gasteiger partial charge in [-0.25, -0.2) is 17.9 Å². The maximum Gasteiger partial charge on any atom is 0.409 e. The second-order valence-corrected chi connectivity index (χ2v) is 13.1. The number of H-pyrrole nitrogens is 1. The van der Waals surface area contributed by atoms with Gasteiger partial charge in [0.15, 0.2) is 0 Å². The molecule has 14 heteroatoms. The van der Waals surface area contributed by atoms with Crippen LogP contribution in [0.5, 0.6) is 5.75 Å². The average molecular weight is 648 g/mol. The Morgan fingerprint density at radius 3 is 2.55 bits per heavy atom. The number of nitrogens with zero attached hydrogens (tertiary/aromatic N) is 1. The highest BCUT2D eigenvalue weighted by Gasteiger charge is 2.56. The third-order valence-corrected chi connectivity index (χ3v) is 9.85. The summed E-state index contributed by atoms with van der Waals surface area (Å²) in [6, 6.07) is 12.6. The number of primary amides is 1. The smallest absolute Gasteiger partial charge is 0.409 e. The van der Waals surface area contributed by atoms with Crippen LogP contribution in [0.4, 0.5) is 10.5 Å². The molecule has 0 radical (unpaired) electrons. The number of nitrogens with two attached hydrogens (primary N) is 1. The number of ether oxygens (including phenoxy) is 3. The zero-order valence-corrected chi connectivity index (χ0v) is 26.3. The number of amides is 2. The summed E-state index contributed by atoms with van der Waals surface area (Å²) in [5.74, 6) is -0.170. The van der Waals surface area contributed by atoms with Gasteiger partial charge in [0.25, 0.3) is 5.91 Å². The number of carbonyl (C=O) groups excluding carboxylic acids is 2. The molecule has 1 aromatic heterocycles. The number of para-hydroxylation sites is 1. The van der Waals surface area contributed by atoms with Crippen LogP contribution in [0.1, 0.15) is 50.0 Å². The Morgan fingerprint density at radius 1 is 1.16 bits per heavy atom. The predicted octanol–water partition coefficient (Wildman–Crippen LogP) is 4.25. The first-order valence-electron chi connectivity index (χ1n) is 14.8. The number of aromatic amines is 1. The van der Waals surface area contributed by atoms with Gasteiger partial charge in [0, 0.05) is 42.5 Å². The minimum Gasteiger partial charge on any atom is -0.487 e. The van der Waals surface area contributed by atoms with Crippen LogP contribution in [0.2, 0.25) is 5.02 Å². The Labute approximate surface area is 261 Å². The van der Waals surface area contributed by atoms with Crippen LogP contribution in [0, 0.1) is 0 Å². The van der Waals surface area contributed by atoms with Crippen molar-refractivity contribution in [2.75, 3.05) is 38.2 Å². The number of anilines is 1. The van der Waals surface area contributed by atoms with Crippen LogP contribution in [-0.4, -0.2) is 80.9 Å². The van der Waals surface area contributed by atoms with Crippen LogP contribution in [0.15, 0.2) is 47.4 Å². The van der Waals surface area contributed by atoms with Crippen LogP contribution < -0.4 is 20.5 Å². The average Bonchev–Trinajstić information content (AvgIpc) is 3.52. The molecule has 5 rings (SSSR count). The third-order valence-electron chi connectivity index (χ3n) is 8.08. The van der Waals surface area contributed by atoms with Gasteiger partial charge >= 0.3 is 6.09 Å². The van der Waals surface area contributed by atoms with Crippen molar-refractivity contribution in [3.63, 3.8) is 0 Å². The second-order valence-electron chi connectivity index (χ2n) is 11.0. The van der Waals surface area contributed by atoms with Gasteiger partial charge in [-0.3, -0.25) is 4.79 Å². The van der Waals surface area contributed by atoms with E-state index >= 15 is 0 Å². The Bertz CT molecular complexity index is 1610. The fourth-order valence-corrected chi connectivity index (χ4v) is 7.23. The van der Waals surface area contributed by atoms with E-state index < -0.39 is 21.5 Å². The summed E-state index contributed by atoms with van der Waals surface area (Å²) in [5, 5.41) is 3.91. The van der Waals surface area contributed by atoms with Gasteiger partial charge in [0.1, 0.15) is 28.0 Å². The highest BCUT2D eigenvalue weighted by Crippen LogP contribution is 2.45. The predicted molar refractivity (Wildman–Crippen MR) is 167 cm³/mol. The molecule has 2 aliphatic rings. The minimum atomic E-state index is -4.21. The topological polar surface area (TPSA) is 165 Å². The van der Waals surface area contributed by atoms with Crippen LogP contribution in [0.25, 0.3) is 10.9 Å². The molecule has 0 spiro atoms. The van der Waals surface area contributed by atoms with Crippen molar-refractivity contribution in [2.45, 2.75) is 62.2 Å². The molecule has 0 unspecified atom stereocenters. The normalized spacial score (nSPS) is 20.4. The molecule has 2 heterocycles. The second kappa shape index (κ2) is 13.2. The largest absolute Gasteiger partial charge is 0.487 e. The lowest BCUT2D eigenvalue weighted by Gasteiger charge is -2.32. The fraction of sp³-hybridized carbons (Fsp3) is 0.467. The third kappa shape index (κ3) is 6.90. The van der Waals surface area contributed by atoms with Crippen molar-refractivity contribution in [3.8, 4) is 5.75 Å². The number of hydrogen-bond acceptors (Lipinski definition) is 8. The summed E-state index contributed by atoms with van der Waals surface area (Å²) >= 11 is 6.44. The number of benzene rings is 2. The molecule has 2 amide bonds. The van der Waals surface area contributed by atoms with E-state index in [1.807, 2.05) is 37.3 Å². The zero-order chi connectivity index (χ0) is 31.5. The lowest BCUT2D eigenvalue weighted by molar-refractivity contribution is 0.00575. The monoisotopic (exact) mass is 647 g/mol. The van der Waals surface area contributed by atoms with Crippen molar-refractivity contribution in [1.29, 1.82) is 0 Å². The number of nitrogens with one attached hydrogen (secondary N) is 3. The highest BCUT2D eigenvalue weighted by molar-refractivity contribution is 7.89. The van der Waals surface area contributed by atoms with Gasteiger partial charge in [-0.2, -0.15) is 0 Å². The van der Waals surface area contributed by atoms with Gasteiger partial charge in [0.2, 0.25) is 10.0 Å². The molecular weight excluding hydrogens is 610 g/mol. The molecule has 0 bridgehead atoms. The van der Waals surface area contributed by atoms with E-state index in [2.05, 4.69) is 15.0 Å². The molecule has 1 aliphatic heterocycles. The molecular formula is C30H38ClN5O7S. The quantitative estimate of drug-likeness (QED) is 0.200. The zero-order valence-electron chi connectivity index (χ0n) is 24.7. The summed E-state index contributed by atoms with van der Waals surface area (Å²) in [5.41, 5.74) is 5.80. The number of rotatable bonds is 13. The molecule has 2 fully saturated rings. The number of sulfonamides is 1. The first-order valence-corrected chi connectivity index (χ1v) is 16.6. The van der Waals surface area contributed by atoms with Crippen LogP contribution in [0.3, 0.4) is 0 Å². The van der Waals surface area contributed by atoms with Crippen molar-refractivity contribution < 1.29 is 32.2 Å². The summed E-state index contributed by atoms with van der Waals surface area (Å²) in [7, 11) is -4.21. The Balaban J connectivity index is 1.27. The molecule has 5 N–H and O–H groups in total. The van der Waals surface area contributed by atoms with E-state index in [0.717, 1.165) is 5.75 Å². The number of aromatic nitrogens is 1. The van der Waals surface area contributed by atoms with E-state index in [4.69, 9.17) is 31.5 Å². The molecule has 2 aromatic carbocycles. The van der Waals surface area contributed by atoms with Gasteiger partial charge < -0.3 is 35.1 Å². The Morgan fingerprint density at radius 2 is 1.89 bits per heavy atom. The molecule has 2 atom stereocenters. The first kappa shape index (κ1) is 31.9. The number of halogens is 1. The summed E-state index contributed by atoms with van der Waals surface area (Å²) in [4.78, 5) is 28.8. The maximum atomic E-state index is 13.6. The summed E-state index contributed by atoms with van der Waals surface area (Å²) in [6.45, 7) is 5.15. The lowest BCUT2D eigenvalue weighted by atomic mass is 10.0. The van der Waals surface area contributed by atoms with Crippen molar-refractivity contribution in [3.05, 3.63) is 53.2 Å². The van der Waals surface area contributed by atoms with Crippen LogP contribution in [-0.2, 0) is 19.5 Å². The standard InChI is InChI=1S/C30H38ClN5O7S/c1-3-30(18-24(30)43-21-8-6-5-7-9-21)42-15-12-33-44(39,40)27-22-16-19(31)17-23(25(22)35-26(27)28(32)37)34-20-10-13-36(14-11-20)29(38)41-4-2/h5-9,16-17,20,24,33-35H,3-4,10-15,18H2,1-2H3,(H2,32,37)/t24-,30+/m1/s1. The number of fused-ring (bicyclic) bond motifs is 1. The maximum absolute atomic E-state index is 13.6. The number of hydrogen-bond donors (Lipinski definition) is 4. The van der Waals surface area contributed by atoms with Crippen molar-refractivity contribution in [1.82, 2.24) is 14.6 Å². The molecule has 44 heavy (non-hydrogen) atoms. The van der Waals surface area contributed by atoms with Crippen molar-refractivity contribution in [2.24, 2.45) is 5.73 Å². The molecule has 12 nitrogen and oxygen atoms in total. The Hall–Kier alpha value is -3.52. The van der Waals surface area contributed by atoms with Gasteiger partial charge in [-0.05, 0) is 50.5 Å². The van der Waals surface area contributed by atoms with E-state index in [0.29, 0.717) is 56.6 Å². The van der Waals surface area contributed by atoms with E-state index in [1.165, 1.54) is 6.07 Å². The number of piperidine rings is 1. The number of carbonyl (C=O) groups is 2. The SMILES string of the molecule is CCOC(=O)N1CCC(Nc2cc(Cl)cc3c(S(=O)(=O)NCCO[C@@]4(CC)C[C@H]4Oc4ccccc4)c(C(N)=O)[nH]c23)CC1. The lowest BCUT2D eigenvalue weighted by Crippen LogP contribution is -2.42. The van der Waals surface area contributed by atoms with E-state index in [9.17, 15) is 18.0 Å². The molecule has 238 valence electrons. The van der Waals surface area contributed by atoms with Gasteiger partial charge in [-0.15, -0.1) is 0 Å². The molecule has 3 aromatic rings. The molecule has 1 saturated carbocycles. The summed E-state index contributed by atoms with van der Waals surface area (Å²) < 4.78 is 46.9. The Kier molecular flexibility index (Phi) is 9.59. The minimum absolute atomic E-state index is 0.0268. The van der Waals surface area contributed by atoms with Crippen LogP contribution >= 0.6 is 11.6 Å². The fourth-order valence-electron chi connectivity index (χ4n) is 5.64. The van der Waals surface area contributed by atoms with Gasteiger partial charge in [0.05, 0.1) is 24.4 Å². The van der Waals surface area contributed by atoms with E-state index in [1.54, 1.807) is 17.9 Å².